The summed E-state index contributed by atoms with van der Waals surface area (Å²) in [4.78, 5) is 2.58. The molecule has 0 heterocycles. The second-order valence-electron chi connectivity index (χ2n) is 7.43. The molecule has 1 aliphatic carbocycles. The predicted octanol–water partition coefficient (Wildman–Crippen LogP) is 3.65. The van der Waals surface area contributed by atoms with Crippen molar-refractivity contribution < 1.29 is 0 Å². The van der Waals surface area contributed by atoms with Gasteiger partial charge in [-0.05, 0) is 51.0 Å². The number of nitrogens with zero attached hydrogens (tertiary/aromatic N) is 1. The lowest BCUT2D eigenvalue weighted by Gasteiger charge is -2.51. The first-order valence-corrected chi connectivity index (χ1v) is 7.70. The van der Waals surface area contributed by atoms with Crippen LogP contribution in [-0.2, 0) is 0 Å². The third-order valence-electron chi connectivity index (χ3n) is 5.58. The van der Waals surface area contributed by atoms with Crippen LogP contribution >= 0.6 is 0 Å². The van der Waals surface area contributed by atoms with Crippen molar-refractivity contribution in [3.05, 3.63) is 0 Å². The summed E-state index contributed by atoms with van der Waals surface area (Å²) in [5.74, 6) is 0.933. The molecule has 108 valence electrons. The summed E-state index contributed by atoms with van der Waals surface area (Å²) in [6.07, 6.45) is 6.60. The topological polar surface area (TPSA) is 29.3 Å². The van der Waals surface area contributed by atoms with Gasteiger partial charge in [0.05, 0.1) is 0 Å². The molecule has 18 heavy (non-hydrogen) atoms. The molecule has 2 nitrogen and oxygen atoms in total. The molecular formula is C16H34N2. The van der Waals surface area contributed by atoms with Crippen LogP contribution in [0.25, 0.3) is 0 Å². The highest BCUT2D eigenvalue weighted by molar-refractivity contribution is 4.98. The van der Waals surface area contributed by atoms with Gasteiger partial charge in [-0.1, -0.05) is 34.1 Å². The smallest absolute Gasteiger partial charge is 0.0331 e. The van der Waals surface area contributed by atoms with Crippen LogP contribution in [0.5, 0.6) is 0 Å². The lowest BCUT2D eigenvalue weighted by Crippen LogP contribution is -2.59. The van der Waals surface area contributed by atoms with E-state index in [9.17, 15) is 0 Å². The summed E-state index contributed by atoms with van der Waals surface area (Å²) in [6.45, 7) is 12.5. The van der Waals surface area contributed by atoms with Crippen molar-refractivity contribution in [2.45, 2.75) is 78.3 Å². The Morgan fingerprint density at radius 3 is 2.11 bits per heavy atom. The van der Waals surface area contributed by atoms with Crippen LogP contribution in [0.15, 0.2) is 0 Å². The second kappa shape index (κ2) is 5.92. The molecule has 0 amide bonds. The Labute approximate surface area is 114 Å². The fraction of sp³-hybridized carbons (Fsp3) is 1.00. The van der Waals surface area contributed by atoms with Gasteiger partial charge in [0.1, 0.15) is 0 Å². The van der Waals surface area contributed by atoms with Crippen molar-refractivity contribution in [3.8, 4) is 0 Å². The molecule has 0 aliphatic heterocycles. The predicted molar refractivity (Wildman–Crippen MR) is 80.7 cm³/mol. The van der Waals surface area contributed by atoms with Crippen LogP contribution in [0.1, 0.15) is 66.7 Å². The van der Waals surface area contributed by atoms with Crippen LogP contribution in [0, 0.1) is 11.3 Å². The Kier molecular flexibility index (Phi) is 5.25. The number of rotatable bonds is 4. The van der Waals surface area contributed by atoms with Gasteiger partial charge >= 0.3 is 0 Å². The molecule has 2 N–H and O–H groups in total. The monoisotopic (exact) mass is 254 g/mol. The quantitative estimate of drug-likeness (QED) is 0.830. The first-order chi connectivity index (χ1) is 8.27. The van der Waals surface area contributed by atoms with Crippen LogP contribution in [0.3, 0.4) is 0 Å². The maximum atomic E-state index is 6.17. The Morgan fingerprint density at radius 1 is 1.28 bits per heavy atom. The van der Waals surface area contributed by atoms with E-state index in [2.05, 4.69) is 46.6 Å². The molecule has 0 aromatic heterocycles. The number of hydrogen-bond donors (Lipinski definition) is 1. The summed E-state index contributed by atoms with van der Waals surface area (Å²) in [7, 11) is 2.29. The maximum Gasteiger partial charge on any atom is 0.0331 e. The fourth-order valence-electron chi connectivity index (χ4n) is 3.32. The van der Waals surface area contributed by atoms with Gasteiger partial charge in [0.25, 0.3) is 0 Å². The first-order valence-electron chi connectivity index (χ1n) is 7.70. The van der Waals surface area contributed by atoms with Crippen molar-refractivity contribution in [1.82, 2.24) is 4.90 Å². The largest absolute Gasteiger partial charge is 0.329 e. The number of likely N-dealkylation sites (N-methyl/N-ethyl adjacent to an activating group) is 1. The van der Waals surface area contributed by atoms with E-state index >= 15 is 0 Å². The van der Waals surface area contributed by atoms with Crippen LogP contribution in [0.4, 0.5) is 0 Å². The van der Waals surface area contributed by atoms with E-state index in [1.54, 1.807) is 0 Å². The van der Waals surface area contributed by atoms with Gasteiger partial charge in [0.15, 0.2) is 0 Å². The van der Waals surface area contributed by atoms with Crippen LogP contribution in [-0.4, -0.2) is 30.1 Å². The van der Waals surface area contributed by atoms with E-state index in [1.165, 1.54) is 32.1 Å². The highest BCUT2D eigenvalue weighted by Gasteiger charge is 2.41. The second-order valence-corrected chi connectivity index (χ2v) is 7.43. The molecular weight excluding hydrogens is 220 g/mol. The van der Waals surface area contributed by atoms with Gasteiger partial charge in [-0.2, -0.15) is 0 Å². The van der Waals surface area contributed by atoms with Crippen molar-refractivity contribution in [2.75, 3.05) is 13.6 Å². The minimum Gasteiger partial charge on any atom is -0.329 e. The maximum absolute atomic E-state index is 6.17. The highest BCUT2D eigenvalue weighted by atomic mass is 15.2. The van der Waals surface area contributed by atoms with E-state index < -0.39 is 0 Å². The van der Waals surface area contributed by atoms with Gasteiger partial charge in [-0.15, -0.1) is 0 Å². The molecule has 0 radical (unpaired) electrons. The van der Waals surface area contributed by atoms with Gasteiger partial charge in [-0.25, -0.2) is 0 Å². The van der Waals surface area contributed by atoms with E-state index in [1.807, 2.05) is 0 Å². The summed E-state index contributed by atoms with van der Waals surface area (Å²) >= 11 is 0. The van der Waals surface area contributed by atoms with Gasteiger partial charge in [0, 0.05) is 18.1 Å². The number of hydrogen-bond acceptors (Lipinski definition) is 2. The normalized spacial score (nSPS) is 31.7. The average Bonchev–Trinajstić information content (AvgIpc) is 2.36. The molecule has 0 aromatic rings. The molecule has 1 saturated carbocycles. The molecule has 2 heteroatoms. The van der Waals surface area contributed by atoms with E-state index in [0.717, 1.165) is 12.5 Å². The molecule has 1 aliphatic rings. The van der Waals surface area contributed by atoms with Gasteiger partial charge in [0.2, 0.25) is 0 Å². The zero-order valence-corrected chi connectivity index (χ0v) is 13.4. The van der Waals surface area contributed by atoms with Crippen molar-refractivity contribution >= 4 is 0 Å². The third-order valence-corrected chi connectivity index (χ3v) is 5.58. The van der Waals surface area contributed by atoms with Crippen LogP contribution < -0.4 is 5.73 Å². The average molecular weight is 254 g/mol. The molecule has 1 atom stereocenters. The van der Waals surface area contributed by atoms with Gasteiger partial charge < -0.3 is 5.73 Å². The standard InChI is InChI=1S/C16H34N2/c1-7-14-8-10-16(12-17,11-9-14)18(6)13(2)15(3,4)5/h13-14H,7-12,17H2,1-6H3. The van der Waals surface area contributed by atoms with Crippen molar-refractivity contribution in [2.24, 2.45) is 17.1 Å². The van der Waals surface area contributed by atoms with Crippen LogP contribution in [0.2, 0.25) is 0 Å². The Balaban J connectivity index is 2.77. The zero-order chi connectivity index (χ0) is 14.0. The Hall–Kier alpha value is -0.0800. The Bertz CT molecular complexity index is 246. The molecule has 1 unspecified atom stereocenters. The summed E-state index contributed by atoms with van der Waals surface area (Å²) in [6, 6.07) is 0.569. The molecule has 0 saturated heterocycles. The Morgan fingerprint density at radius 2 is 1.78 bits per heavy atom. The summed E-state index contributed by atoms with van der Waals surface area (Å²) in [5.41, 5.74) is 6.73. The molecule has 1 rings (SSSR count). The molecule has 0 spiro atoms. The first kappa shape index (κ1) is 16.0. The zero-order valence-electron chi connectivity index (χ0n) is 13.4. The lowest BCUT2D eigenvalue weighted by atomic mass is 9.73. The summed E-state index contributed by atoms with van der Waals surface area (Å²) < 4.78 is 0. The summed E-state index contributed by atoms with van der Waals surface area (Å²) in [5, 5.41) is 0. The van der Waals surface area contributed by atoms with E-state index in [0.29, 0.717) is 11.5 Å². The fourth-order valence-corrected chi connectivity index (χ4v) is 3.32. The number of nitrogens with two attached hydrogens (primary N) is 1. The van der Waals surface area contributed by atoms with Gasteiger partial charge in [-0.3, -0.25) is 4.90 Å². The highest BCUT2D eigenvalue weighted by Crippen LogP contribution is 2.39. The molecule has 1 fully saturated rings. The lowest BCUT2D eigenvalue weighted by molar-refractivity contribution is -0.00193. The van der Waals surface area contributed by atoms with Crippen molar-refractivity contribution in [3.63, 3.8) is 0 Å². The minimum absolute atomic E-state index is 0.248. The SMILES string of the molecule is CCC1CCC(CN)(N(C)C(C)C(C)(C)C)CC1. The minimum atomic E-state index is 0.248. The third kappa shape index (κ3) is 3.27. The van der Waals surface area contributed by atoms with Crippen molar-refractivity contribution in [1.29, 1.82) is 0 Å². The van der Waals surface area contributed by atoms with E-state index in [4.69, 9.17) is 5.73 Å². The molecule has 0 bridgehead atoms. The molecule has 0 aromatic carbocycles. The van der Waals surface area contributed by atoms with E-state index in [-0.39, 0.29) is 5.54 Å².